The van der Waals surface area contributed by atoms with Crippen molar-refractivity contribution in [3.05, 3.63) is 59.0 Å². The van der Waals surface area contributed by atoms with Gasteiger partial charge in [-0.15, -0.1) is 0 Å². The summed E-state index contributed by atoms with van der Waals surface area (Å²) in [6.07, 6.45) is 13.9. The second kappa shape index (κ2) is 13.2. The van der Waals surface area contributed by atoms with Gasteiger partial charge in [0, 0.05) is 35.9 Å². The number of hydrogen-bond donors (Lipinski definition) is 5. The first-order valence-electron chi connectivity index (χ1n) is 12.8. The smallest absolute Gasteiger partial charge is 0.248 e. The van der Waals surface area contributed by atoms with Crippen molar-refractivity contribution < 1.29 is 4.79 Å². The van der Waals surface area contributed by atoms with E-state index >= 15 is 0 Å². The van der Waals surface area contributed by atoms with E-state index < -0.39 is 0 Å². The third-order valence-corrected chi connectivity index (χ3v) is 6.85. The molecule has 1 aromatic heterocycles. The molecule has 0 unspecified atom stereocenters. The predicted molar refractivity (Wildman–Crippen MR) is 151 cm³/mol. The molecule has 0 spiro atoms. The Balaban J connectivity index is 1.38. The summed E-state index contributed by atoms with van der Waals surface area (Å²) in [5, 5.41) is 20.7. The van der Waals surface area contributed by atoms with E-state index in [9.17, 15) is 4.79 Å². The van der Waals surface area contributed by atoms with Crippen LogP contribution >= 0.6 is 11.6 Å². The number of aromatic nitrogens is 2. The zero-order valence-electron chi connectivity index (χ0n) is 21.2. The van der Waals surface area contributed by atoms with Crippen LogP contribution < -0.4 is 21.3 Å². The maximum absolute atomic E-state index is 12.5. The molecule has 2 aromatic rings. The number of hydrogen-bond acceptors (Lipinski definition) is 8. The Labute approximate surface area is 223 Å². The zero-order valence-corrected chi connectivity index (χ0v) is 21.9. The Hall–Kier alpha value is -3.43. The summed E-state index contributed by atoms with van der Waals surface area (Å²) < 4.78 is 0. The van der Waals surface area contributed by atoms with Gasteiger partial charge in [-0.2, -0.15) is 4.98 Å². The molecule has 5 N–H and O–H groups in total. The van der Waals surface area contributed by atoms with E-state index in [4.69, 9.17) is 17.0 Å². The Morgan fingerprint density at radius 3 is 2.65 bits per heavy atom. The van der Waals surface area contributed by atoms with E-state index in [1.54, 1.807) is 12.3 Å². The van der Waals surface area contributed by atoms with Crippen molar-refractivity contribution in [1.82, 2.24) is 20.2 Å². The van der Waals surface area contributed by atoms with E-state index in [0.29, 0.717) is 34.2 Å². The molecule has 1 saturated carbocycles. The molecule has 0 bridgehead atoms. The Bertz CT molecular complexity index is 1150. The minimum absolute atomic E-state index is 0.111. The van der Waals surface area contributed by atoms with Gasteiger partial charge < -0.3 is 31.6 Å². The van der Waals surface area contributed by atoms with E-state index in [0.717, 1.165) is 57.3 Å². The van der Waals surface area contributed by atoms with Gasteiger partial charge in [0.15, 0.2) is 5.82 Å². The minimum Gasteiger partial charge on any atom is -0.386 e. The summed E-state index contributed by atoms with van der Waals surface area (Å²) in [4.78, 5) is 23.5. The SMILES string of the molecule is CN1CCC(N/C=C(\C=N)Nc2ncc(Cl)c(Nc3cccc(NC(=O)C=C4CCCCC4)c3)n2)CC1. The van der Waals surface area contributed by atoms with Gasteiger partial charge in [0.25, 0.3) is 0 Å². The molecule has 2 aliphatic rings. The minimum atomic E-state index is -0.111. The summed E-state index contributed by atoms with van der Waals surface area (Å²) in [6.45, 7) is 2.10. The van der Waals surface area contributed by atoms with Crippen LogP contribution in [0.25, 0.3) is 0 Å². The first kappa shape index (κ1) is 26.6. The summed E-state index contributed by atoms with van der Waals surface area (Å²) in [5.74, 6) is 0.621. The highest BCUT2D eigenvalue weighted by Crippen LogP contribution is 2.26. The standard InChI is InChI=1S/C27H35ClN8O/c1-36-12-10-20(11-13-36)30-17-23(16-29)34-27-31-18-24(28)26(35-27)33-22-9-5-8-21(15-22)32-25(37)14-19-6-3-2-4-7-19/h5,8-9,14-18,20,29-30H,2-4,6-7,10-13H2,1H3,(H,32,37)(H2,31,33,34,35)/b23-17+,29-16?. The van der Waals surface area contributed by atoms with Crippen LogP contribution in [0.15, 0.2) is 54.0 Å². The highest BCUT2D eigenvalue weighted by molar-refractivity contribution is 6.32. The van der Waals surface area contributed by atoms with E-state index in [1.165, 1.54) is 24.4 Å². The maximum Gasteiger partial charge on any atom is 0.248 e. The third kappa shape index (κ3) is 8.30. The van der Waals surface area contributed by atoms with E-state index in [-0.39, 0.29) is 5.91 Å². The van der Waals surface area contributed by atoms with Crippen LogP contribution in [0.5, 0.6) is 0 Å². The summed E-state index contributed by atoms with van der Waals surface area (Å²) in [6, 6.07) is 7.77. The predicted octanol–water partition coefficient (Wildman–Crippen LogP) is 5.29. The van der Waals surface area contributed by atoms with E-state index in [1.807, 2.05) is 24.3 Å². The number of amides is 1. The first-order chi connectivity index (χ1) is 18.0. The van der Waals surface area contributed by atoms with Crippen LogP contribution in [-0.2, 0) is 4.79 Å². The molecule has 1 amide bonds. The van der Waals surface area contributed by atoms with Gasteiger partial charge in [0.2, 0.25) is 11.9 Å². The molecule has 10 heteroatoms. The molecule has 1 aliphatic carbocycles. The molecule has 37 heavy (non-hydrogen) atoms. The zero-order chi connectivity index (χ0) is 26.0. The van der Waals surface area contributed by atoms with Crippen molar-refractivity contribution in [1.29, 1.82) is 5.41 Å². The lowest BCUT2D eigenvalue weighted by Crippen LogP contribution is -2.39. The van der Waals surface area contributed by atoms with Crippen molar-refractivity contribution >= 4 is 46.9 Å². The van der Waals surface area contributed by atoms with Crippen LogP contribution in [0.2, 0.25) is 5.02 Å². The number of carbonyl (C=O) groups is 1. The fourth-order valence-corrected chi connectivity index (χ4v) is 4.60. The van der Waals surface area contributed by atoms with Gasteiger partial charge in [-0.3, -0.25) is 4.79 Å². The number of halogens is 1. The summed E-state index contributed by atoms with van der Waals surface area (Å²) >= 11 is 6.36. The van der Waals surface area contributed by atoms with Gasteiger partial charge in [-0.25, -0.2) is 4.98 Å². The number of anilines is 4. The molecule has 9 nitrogen and oxygen atoms in total. The number of nitrogens with zero attached hydrogens (tertiary/aromatic N) is 3. The lowest BCUT2D eigenvalue weighted by Gasteiger charge is -2.29. The highest BCUT2D eigenvalue weighted by Gasteiger charge is 2.15. The lowest BCUT2D eigenvalue weighted by atomic mass is 9.94. The molecule has 0 radical (unpaired) electrons. The fraction of sp³-hybridized carbons (Fsp3) is 0.407. The quantitative estimate of drug-likeness (QED) is 0.224. The van der Waals surface area contributed by atoms with Crippen molar-refractivity contribution in [3.8, 4) is 0 Å². The molecule has 2 heterocycles. The number of carbonyl (C=O) groups excluding carboxylic acids is 1. The van der Waals surface area contributed by atoms with Gasteiger partial charge in [-0.1, -0.05) is 29.7 Å². The Morgan fingerprint density at radius 2 is 1.89 bits per heavy atom. The van der Waals surface area contributed by atoms with Crippen LogP contribution in [0.3, 0.4) is 0 Å². The molecule has 1 saturated heterocycles. The van der Waals surface area contributed by atoms with Crippen molar-refractivity contribution in [2.75, 3.05) is 36.1 Å². The van der Waals surface area contributed by atoms with Gasteiger partial charge in [-0.05, 0) is 76.9 Å². The Kier molecular flexibility index (Phi) is 9.51. The van der Waals surface area contributed by atoms with Crippen molar-refractivity contribution in [3.63, 3.8) is 0 Å². The van der Waals surface area contributed by atoms with E-state index in [2.05, 4.69) is 43.2 Å². The number of benzene rings is 1. The maximum atomic E-state index is 12.5. The number of nitrogens with one attached hydrogen (secondary N) is 5. The second-order valence-electron chi connectivity index (χ2n) is 9.56. The largest absolute Gasteiger partial charge is 0.386 e. The van der Waals surface area contributed by atoms with Crippen LogP contribution in [0, 0.1) is 5.41 Å². The van der Waals surface area contributed by atoms with Gasteiger partial charge >= 0.3 is 0 Å². The number of piperidine rings is 1. The van der Waals surface area contributed by atoms with Gasteiger partial charge in [0.1, 0.15) is 5.02 Å². The normalized spacial score (nSPS) is 17.1. The number of rotatable bonds is 9. The third-order valence-electron chi connectivity index (χ3n) is 6.57. The van der Waals surface area contributed by atoms with Crippen molar-refractivity contribution in [2.24, 2.45) is 0 Å². The van der Waals surface area contributed by atoms with Crippen LogP contribution in [0.4, 0.5) is 23.1 Å². The molecule has 1 aromatic carbocycles. The average molecular weight is 523 g/mol. The lowest BCUT2D eigenvalue weighted by molar-refractivity contribution is -0.112. The molecule has 196 valence electrons. The summed E-state index contributed by atoms with van der Waals surface area (Å²) in [7, 11) is 2.13. The van der Waals surface area contributed by atoms with Crippen molar-refractivity contribution in [2.45, 2.75) is 51.0 Å². The first-order valence-corrected chi connectivity index (χ1v) is 13.2. The molecule has 0 atom stereocenters. The topological polar surface area (TPSA) is 118 Å². The highest BCUT2D eigenvalue weighted by atomic mass is 35.5. The molecule has 4 rings (SSSR count). The number of allylic oxidation sites excluding steroid dienone is 2. The fourth-order valence-electron chi connectivity index (χ4n) is 4.47. The summed E-state index contributed by atoms with van der Waals surface area (Å²) in [5.41, 5.74) is 3.16. The van der Waals surface area contributed by atoms with Crippen LogP contribution in [-0.4, -0.2) is 53.2 Å². The molecular weight excluding hydrogens is 488 g/mol. The molecule has 1 aliphatic heterocycles. The van der Waals surface area contributed by atoms with Gasteiger partial charge in [0.05, 0.1) is 11.9 Å². The number of likely N-dealkylation sites (tertiary alicyclic amines) is 1. The molecule has 2 fully saturated rings. The Morgan fingerprint density at radius 1 is 1.14 bits per heavy atom. The average Bonchev–Trinajstić information content (AvgIpc) is 2.90. The monoisotopic (exact) mass is 522 g/mol. The van der Waals surface area contributed by atoms with Crippen LogP contribution in [0.1, 0.15) is 44.9 Å². The second-order valence-corrected chi connectivity index (χ2v) is 9.97. The molecular formula is C27H35ClN8O.